The molecule has 0 bridgehead atoms. The molecule has 1 fully saturated rings. The predicted octanol–water partition coefficient (Wildman–Crippen LogP) is 3.93. The number of nitrogens with zero attached hydrogens (tertiary/aromatic N) is 2. The van der Waals surface area contributed by atoms with Crippen LogP contribution in [0.4, 0.5) is 4.79 Å². The molecule has 0 spiro atoms. The molecule has 8 nitrogen and oxygen atoms in total. The van der Waals surface area contributed by atoms with Gasteiger partial charge in [-0.1, -0.05) is 19.9 Å². The van der Waals surface area contributed by atoms with Crippen LogP contribution in [-0.2, 0) is 21.5 Å². The Morgan fingerprint density at radius 1 is 1.12 bits per heavy atom. The van der Waals surface area contributed by atoms with Crippen molar-refractivity contribution in [3.05, 3.63) is 63.8 Å². The van der Waals surface area contributed by atoms with Gasteiger partial charge in [-0.3, -0.25) is 19.6 Å². The summed E-state index contributed by atoms with van der Waals surface area (Å²) in [5.74, 6) is -0.665. The van der Waals surface area contributed by atoms with Gasteiger partial charge in [0.15, 0.2) is 5.76 Å². The van der Waals surface area contributed by atoms with E-state index in [0.717, 1.165) is 28.6 Å². The fourth-order valence-corrected chi connectivity index (χ4v) is 4.39. The molecule has 32 heavy (non-hydrogen) atoms. The highest BCUT2D eigenvalue weighted by atomic mass is 16.6. The number of hydrogen-bond acceptors (Lipinski definition) is 5. The molecule has 0 radical (unpaired) electrons. The largest absolute Gasteiger partial charge is 0.419 e. The zero-order chi connectivity index (χ0) is 23.0. The highest BCUT2D eigenvalue weighted by Gasteiger charge is 2.35. The van der Waals surface area contributed by atoms with Crippen LogP contribution in [0.1, 0.15) is 44.7 Å². The Balaban J connectivity index is 1.81. The highest BCUT2D eigenvalue weighted by molar-refractivity contribution is 6.07. The average molecular weight is 434 g/mol. The van der Waals surface area contributed by atoms with Gasteiger partial charge in [-0.05, 0) is 56.5 Å². The van der Waals surface area contributed by atoms with E-state index in [1.807, 2.05) is 50.7 Å². The number of benzene rings is 1. The van der Waals surface area contributed by atoms with Crippen LogP contribution in [0.5, 0.6) is 0 Å². The number of cyclic esters (lactones) is 1. The van der Waals surface area contributed by atoms with Gasteiger partial charge in [0.2, 0.25) is 0 Å². The number of carbonyl (C=O) groups is 2. The fraction of sp³-hybridized carbons (Fsp3) is 0.333. The molecule has 8 heteroatoms. The number of allylic oxidation sites excluding steroid dienone is 1. The molecule has 1 aliphatic rings. The minimum atomic E-state index is -0.802. The maximum atomic E-state index is 13.2. The molecule has 0 unspecified atom stereocenters. The van der Waals surface area contributed by atoms with E-state index in [-0.39, 0.29) is 11.3 Å². The average Bonchev–Trinajstić information content (AvgIpc) is 3.32. The second-order valence-corrected chi connectivity index (χ2v) is 8.02. The van der Waals surface area contributed by atoms with Gasteiger partial charge >= 0.3 is 6.09 Å². The Hall–Kier alpha value is -3.68. The summed E-state index contributed by atoms with van der Waals surface area (Å²) in [7, 11) is 0. The molecule has 166 valence electrons. The van der Waals surface area contributed by atoms with E-state index in [9.17, 15) is 14.4 Å². The Labute approximate surface area is 185 Å². The van der Waals surface area contributed by atoms with Gasteiger partial charge in [0.05, 0.1) is 11.7 Å². The van der Waals surface area contributed by atoms with Gasteiger partial charge in [0, 0.05) is 34.2 Å². The lowest BCUT2D eigenvalue weighted by Gasteiger charge is -2.28. The Morgan fingerprint density at radius 2 is 1.88 bits per heavy atom. The summed E-state index contributed by atoms with van der Waals surface area (Å²) in [6.07, 6.45) is 3.75. The molecule has 2 N–H and O–H groups in total. The number of alkyl carbamates (subject to hydrolysis) is 1. The zero-order valence-corrected chi connectivity index (χ0v) is 18.6. The van der Waals surface area contributed by atoms with Crippen molar-refractivity contribution in [1.82, 2.24) is 20.1 Å². The molecule has 4 rings (SSSR count). The van der Waals surface area contributed by atoms with Crippen molar-refractivity contribution in [2.45, 2.75) is 52.5 Å². The zero-order valence-electron chi connectivity index (χ0n) is 18.6. The molecule has 0 saturated carbocycles. The number of carbonyl (C=O) groups excluding carboxylic acids is 2. The number of aryl methyl sites for hydroxylation is 2. The highest BCUT2D eigenvalue weighted by Crippen LogP contribution is 2.34. The third kappa shape index (κ3) is 3.51. The standard InChI is InChI=1S/C24H26N4O4/c1-5-24(6-2,12-20-22(30)27-23(31)32-20)17-8-9-18(26-21(17)29)16-11-19-15(10-14(16)4)13-25-28(19)7-3/h8-13H,5-7H2,1-4H3,(H,26,29)(H,27,30,31)/b20-12+. The van der Waals surface area contributed by atoms with Gasteiger partial charge in [0.25, 0.3) is 11.5 Å². The second kappa shape index (κ2) is 8.11. The van der Waals surface area contributed by atoms with Crippen LogP contribution in [-0.4, -0.2) is 26.8 Å². The number of ether oxygens (including phenoxy) is 1. The lowest BCUT2D eigenvalue weighted by molar-refractivity contribution is -0.116. The number of fused-ring (bicyclic) bond motifs is 1. The molecule has 1 aliphatic heterocycles. The van der Waals surface area contributed by atoms with Crippen molar-refractivity contribution in [2.24, 2.45) is 0 Å². The molecule has 0 atom stereocenters. The minimum Gasteiger partial charge on any atom is -0.404 e. The lowest BCUT2D eigenvalue weighted by Crippen LogP contribution is -2.31. The number of aromatic nitrogens is 3. The number of aromatic amines is 1. The number of amides is 2. The molecule has 3 aromatic rings. The van der Waals surface area contributed by atoms with Crippen molar-refractivity contribution in [3.8, 4) is 11.3 Å². The van der Waals surface area contributed by atoms with E-state index >= 15 is 0 Å². The van der Waals surface area contributed by atoms with Crippen LogP contribution in [0, 0.1) is 6.92 Å². The monoisotopic (exact) mass is 434 g/mol. The molecular weight excluding hydrogens is 408 g/mol. The molecule has 3 heterocycles. The van der Waals surface area contributed by atoms with Crippen LogP contribution in [0.25, 0.3) is 22.2 Å². The van der Waals surface area contributed by atoms with Crippen LogP contribution in [0.2, 0.25) is 0 Å². The predicted molar refractivity (Wildman–Crippen MR) is 121 cm³/mol. The summed E-state index contributed by atoms with van der Waals surface area (Å²) in [6, 6.07) is 7.80. The summed E-state index contributed by atoms with van der Waals surface area (Å²) in [4.78, 5) is 39.7. The number of nitrogens with one attached hydrogen (secondary N) is 2. The normalized spacial score (nSPS) is 15.4. The smallest absolute Gasteiger partial charge is 0.404 e. The maximum absolute atomic E-state index is 13.2. The minimum absolute atomic E-state index is 0.0729. The third-order valence-electron chi connectivity index (χ3n) is 6.33. The van der Waals surface area contributed by atoms with E-state index in [2.05, 4.69) is 21.5 Å². The van der Waals surface area contributed by atoms with E-state index < -0.39 is 17.4 Å². The van der Waals surface area contributed by atoms with Crippen LogP contribution < -0.4 is 10.9 Å². The van der Waals surface area contributed by atoms with Crippen LogP contribution in [0.3, 0.4) is 0 Å². The maximum Gasteiger partial charge on any atom is 0.419 e. The topological polar surface area (TPSA) is 106 Å². The van der Waals surface area contributed by atoms with Crippen molar-refractivity contribution >= 4 is 22.9 Å². The van der Waals surface area contributed by atoms with Crippen molar-refractivity contribution < 1.29 is 14.3 Å². The van der Waals surface area contributed by atoms with E-state index in [4.69, 9.17) is 4.74 Å². The van der Waals surface area contributed by atoms with Crippen molar-refractivity contribution in [1.29, 1.82) is 0 Å². The quantitative estimate of drug-likeness (QED) is 0.572. The van der Waals surface area contributed by atoms with E-state index in [0.29, 0.717) is 24.1 Å². The number of H-pyrrole nitrogens is 1. The Bertz CT molecular complexity index is 1310. The fourth-order valence-electron chi connectivity index (χ4n) is 4.39. The van der Waals surface area contributed by atoms with Crippen LogP contribution >= 0.6 is 0 Å². The first-order valence-corrected chi connectivity index (χ1v) is 10.8. The molecule has 2 aromatic heterocycles. The molecule has 2 amide bonds. The molecule has 0 aliphatic carbocycles. The number of rotatable bonds is 6. The molecule has 1 saturated heterocycles. The van der Waals surface area contributed by atoms with E-state index in [1.54, 1.807) is 12.1 Å². The number of hydrogen-bond donors (Lipinski definition) is 2. The number of pyridine rings is 1. The van der Waals surface area contributed by atoms with Crippen molar-refractivity contribution in [2.75, 3.05) is 0 Å². The van der Waals surface area contributed by atoms with E-state index in [1.165, 1.54) is 0 Å². The van der Waals surface area contributed by atoms with Gasteiger partial charge in [0.1, 0.15) is 0 Å². The molecular formula is C24H26N4O4. The second-order valence-electron chi connectivity index (χ2n) is 8.02. The SMILES string of the molecule is CCn1ncc2cc(C)c(-c3ccc(C(/C=C4/OC(=O)NC4=O)(CC)CC)c(=O)[nH]3)cc21. The number of imide groups is 1. The Morgan fingerprint density at radius 3 is 2.47 bits per heavy atom. The summed E-state index contributed by atoms with van der Waals surface area (Å²) < 4.78 is 6.92. The molecule has 1 aromatic carbocycles. The van der Waals surface area contributed by atoms with Gasteiger partial charge < -0.3 is 9.72 Å². The van der Waals surface area contributed by atoms with Gasteiger partial charge in [-0.15, -0.1) is 0 Å². The van der Waals surface area contributed by atoms with Gasteiger partial charge in [-0.2, -0.15) is 5.10 Å². The Kier molecular flexibility index (Phi) is 5.46. The van der Waals surface area contributed by atoms with Gasteiger partial charge in [-0.25, -0.2) is 4.79 Å². The summed E-state index contributed by atoms with van der Waals surface area (Å²) >= 11 is 0. The summed E-state index contributed by atoms with van der Waals surface area (Å²) in [5.41, 5.74) is 3.21. The first-order valence-electron chi connectivity index (χ1n) is 10.8. The van der Waals surface area contributed by atoms with Crippen molar-refractivity contribution in [3.63, 3.8) is 0 Å². The lowest BCUT2D eigenvalue weighted by atomic mass is 9.75. The third-order valence-corrected chi connectivity index (χ3v) is 6.33. The summed E-state index contributed by atoms with van der Waals surface area (Å²) in [5, 5.41) is 7.56. The first kappa shape index (κ1) is 21.5. The summed E-state index contributed by atoms with van der Waals surface area (Å²) in [6.45, 7) is 8.67. The first-order chi connectivity index (χ1) is 15.3. The van der Waals surface area contributed by atoms with Crippen LogP contribution in [0.15, 0.2) is 47.1 Å².